The Balaban J connectivity index is 2.93. The summed E-state index contributed by atoms with van der Waals surface area (Å²) in [6, 6.07) is 3.84. The molecule has 0 spiro atoms. The maximum absolute atomic E-state index is 10.7. The number of rotatable bonds is 1. The molecule has 0 amide bonds. The molecule has 1 aromatic carbocycles. The fourth-order valence-electron chi connectivity index (χ4n) is 1.20. The first-order chi connectivity index (χ1) is 6.24. The standard InChI is InChI=1S/C9H5IOS2/c10-8-5(4-11)3-7(12)9-6(8)1-2-13-9/h1-4,12H. The van der Waals surface area contributed by atoms with Gasteiger partial charge in [0.1, 0.15) is 0 Å². The van der Waals surface area contributed by atoms with Gasteiger partial charge in [0.2, 0.25) is 0 Å². The van der Waals surface area contributed by atoms with Crippen LogP contribution in [0.1, 0.15) is 10.4 Å². The number of benzene rings is 1. The number of thiol groups is 1. The van der Waals surface area contributed by atoms with Gasteiger partial charge in [0.25, 0.3) is 0 Å². The first kappa shape index (κ1) is 9.48. The highest BCUT2D eigenvalue weighted by atomic mass is 127. The van der Waals surface area contributed by atoms with E-state index in [1.54, 1.807) is 11.3 Å². The van der Waals surface area contributed by atoms with Gasteiger partial charge in [-0.05, 0) is 40.1 Å². The molecule has 0 atom stereocenters. The summed E-state index contributed by atoms with van der Waals surface area (Å²) >= 11 is 8.18. The van der Waals surface area contributed by atoms with E-state index >= 15 is 0 Å². The minimum absolute atomic E-state index is 0.719. The second-order valence-electron chi connectivity index (χ2n) is 2.58. The molecule has 0 fully saturated rings. The number of carbonyl (C=O) groups is 1. The van der Waals surface area contributed by atoms with E-state index in [-0.39, 0.29) is 0 Å². The Morgan fingerprint density at radius 2 is 2.31 bits per heavy atom. The van der Waals surface area contributed by atoms with Crippen molar-refractivity contribution in [1.82, 2.24) is 0 Å². The van der Waals surface area contributed by atoms with E-state index < -0.39 is 0 Å². The van der Waals surface area contributed by atoms with Crippen LogP contribution in [0, 0.1) is 3.57 Å². The van der Waals surface area contributed by atoms with Gasteiger partial charge in [0.05, 0.1) is 0 Å². The van der Waals surface area contributed by atoms with Crippen molar-refractivity contribution >= 4 is 62.9 Å². The van der Waals surface area contributed by atoms with Gasteiger partial charge in [-0.3, -0.25) is 4.79 Å². The van der Waals surface area contributed by atoms with Crippen molar-refractivity contribution in [3.63, 3.8) is 0 Å². The topological polar surface area (TPSA) is 17.1 Å². The number of hydrogen-bond acceptors (Lipinski definition) is 3. The van der Waals surface area contributed by atoms with Crippen LogP contribution in [0.25, 0.3) is 10.1 Å². The summed E-state index contributed by atoms with van der Waals surface area (Å²) in [5.74, 6) is 0. The minimum atomic E-state index is 0.719. The molecule has 0 N–H and O–H groups in total. The Kier molecular flexibility index (Phi) is 2.62. The zero-order valence-corrected chi connectivity index (χ0v) is 10.3. The third-order valence-electron chi connectivity index (χ3n) is 1.81. The van der Waals surface area contributed by atoms with Crippen molar-refractivity contribution in [2.45, 2.75) is 4.90 Å². The fraction of sp³-hybridized carbons (Fsp3) is 0. The van der Waals surface area contributed by atoms with Gasteiger partial charge in [-0.1, -0.05) is 0 Å². The van der Waals surface area contributed by atoms with Crippen LogP contribution in [0.3, 0.4) is 0 Å². The maximum Gasteiger partial charge on any atom is 0.151 e. The van der Waals surface area contributed by atoms with E-state index in [1.165, 1.54) is 0 Å². The Bertz CT molecular complexity index is 476. The lowest BCUT2D eigenvalue weighted by Gasteiger charge is -2.01. The Morgan fingerprint density at radius 1 is 1.54 bits per heavy atom. The number of aldehydes is 1. The second-order valence-corrected chi connectivity index (χ2v) is 5.06. The van der Waals surface area contributed by atoms with Gasteiger partial charge in [0, 0.05) is 24.1 Å². The lowest BCUT2D eigenvalue weighted by Crippen LogP contribution is -1.86. The molecule has 0 aliphatic rings. The second kappa shape index (κ2) is 3.59. The molecule has 0 aliphatic heterocycles. The molecule has 1 heterocycles. The molecule has 13 heavy (non-hydrogen) atoms. The van der Waals surface area contributed by atoms with Crippen molar-refractivity contribution in [1.29, 1.82) is 0 Å². The van der Waals surface area contributed by atoms with Crippen molar-refractivity contribution < 1.29 is 4.79 Å². The third-order valence-corrected chi connectivity index (χ3v) is 4.46. The van der Waals surface area contributed by atoms with E-state index in [0.29, 0.717) is 0 Å². The van der Waals surface area contributed by atoms with Crippen LogP contribution in [0.15, 0.2) is 22.4 Å². The van der Waals surface area contributed by atoms with Crippen molar-refractivity contribution in [2.24, 2.45) is 0 Å². The summed E-state index contributed by atoms with van der Waals surface area (Å²) in [5.41, 5.74) is 0.719. The van der Waals surface area contributed by atoms with Crippen LogP contribution in [-0.2, 0) is 0 Å². The highest BCUT2D eigenvalue weighted by Crippen LogP contribution is 2.32. The molecular formula is C9H5IOS2. The van der Waals surface area contributed by atoms with E-state index in [0.717, 1.165) is 30.4 Å². The van der Waals surface area contributed by atoms with Gasteiger partial charge in [-0.15, -0.1) is 24.0 Å². The Hall–Kier alpha value is -0.0700. The highest BCUT2D eigenvalue weighted by Gasteiger charge is 2.08. The molecule has 0 bridgehead atoms. The van der Waals surface area contributed by atoms with Crippen molar-refractivity contribution in [3.8, 4) is 0 Å². The molecule has 1 aromatic heterocycles. The number of hydrogen-bond donors (Lipinski definition) is 1. The largest absolute Gasteiger partial charge is 0.298 e. The molecule has 4 heteroatoms. The Morgan fingerprint density at radius 3 is 3.00 bits per heavy atom. The van der Waals surface area contributed by atoms with E-state index in [9.17, 15) is 4.79 Å². The maximum atomic E-state index is 10.7. The van der Waals surface area contributed by atoms with E-state index in [1.807, 2.05) is 17.5 Å². The Labute approximate surface area is 98.7 Å². The third kappa shape index (κ3) is 1.51. The van der Waals surface area contributed by atoms with Crippen LogP contribution in [-0.4, -0.2) is 6.29 Å². The van der Waals surface area contributed by atoms with Crippen LogP contribution in [0.4, 0.5) is 0 Å². The molecule has 0 aliphatic carbocycles. The minimum Gasteiger partial charge on any atom is -0.298 e. The lowest BCUT2D eigenvalue weighted by molar-refractivity contribution is 0.112. The number of thiophene rings is 1. The van der Waals surface area contributed by atoms with Gasteiger partial charge < -0.3 is 0 Å². The highest BCUT2D eigenvalue weighted by molar-refractivity contribution is 14.1. The summed E-state index contributed by atoms with van der Waals surface area (Å²) < 4.78 is 2.17. The average molecular weight is 320 g/mol. The van der Waals surface area contributed by atoms with Gasteiger partial charge in [0.15, 0.2) is 6.29 Å². The summed E-state index contributed by atoms with van der Waals surface area (Å²) in [5, 5.41) is 3.14. The smallest absolute Gasteiger partial charge is 0.151 e. The van der Waals surface area contributed by atoms with E-state index in [4.69, 9.17) is 0 Å². The molecule has 2 aromatic rings. The zero-order valence-electron chi connectivity index (χ0n) is 6.45. The number of halogens is 1. The fourth-order valence-corrected chi connectivity index (χ4v) is 3.35. The van der Waals surface area contributed by atoms with Crippen molar-refractivity contribution in [3.05, 3.63) is 26.6 Å². The SMILES string of the molecule is O=Cc1cc(S)c2sccc2c1I. The summed E-state index contributed by atoms with van der Waals surface area (Å²) in [4.78, 5) is 11.6. The monoisotopic (exact) mass is 320 g/mol. The first-order valence-corrected chi connectivity index (χ1v) is 5.98. The van der Waals surface area contributed by atoms with Gasteiger partial charge >= 0.3 is 0 Å². The molecular weight excluding hydrogens is 315 g/mol. The first-order valence-electron chi connectivity index (χ1n) is 3.58. The van der Waals surface area contributed by atoms with Crippen LogP contribution < -0.4 is 0 Å². The molecule has 66 valence electrons. The predicted molar refractivity (Wildman–Crippen MR) is 67.2 cm³/mol. The van der Waals surface area contributed by atoms with Gasteiger partial charge in [-0.25, -0.2) is 0 Å². The predicted octanol–water partition coefficient (Wildman–Crippen LogP) is 3.61. The molecule has 0 saturated carbocycles. The van der Waals surface area contributed by atoms with Crippen LogP contribution in [0.2, 0.25) is 0 Å². The zero-order chi connectivity index (χ0) is 9.42. The summed E-state index contributed by atoms with van der Waals surface area (Å²) in [7, 11) is 0. The quantitative estimate of drug-likeness (QED) is 0.483. The lowest BCUT2D eigenvalue weighted by atomic mass is 10.2. The summed E-state index contributed by atoms with van der Waals surface area (Å²) in [6.45, 7) is 0. The molecule has 2 rings (SSSR count). The van der Waals surface area contributed by atoms with Crippen LogP contribution in [0.5, 0.6) is 0 Å². The number of carbonyl (C=O) groups excluding carboxylic acids is 1. The normalized spacial score (nSPS) is 10.6. The van der Waals surface area contributed by atoms with Gasteiger partial charge in [-0.2, -0.15) is 0 Å². The van der Waals surface area contributed by atoms with Crippen molar-refractivity contribution in [2.75, 3.05) is 0 Å². The summed E-state index contributed by atoms with van der Waals surface area (Å²) in [6.07, 6.45) is 0.874. The average Bonchev–Trinajstić information content (AvgIpc) is 2.60. The molecule has 0 unspecified atom stereocenters. The number of fused-ring (bicyclic) bond motifs is 1. The molecule has 0 saturated heterocycles. The van der Waals surface area contributed by atoms with E-state index in [2.05, 4.69) is 35.2 Å². The molecule has 0 radical (unpaired) electrons. The molecule has 1 nitrogen and oxygen atoms in total. The van der Waals surface area contributed by atoms with Crippen LogP contribution >= 0.6 is 46.6 Å².